The summed E-state index contributed by atoms with van der Waals surface area (Å²) in [5.41, 5.74) is 17.8. The number of unbranched alkanes of at least 4 members (excludes halogenated alkanes) is 6. The monoisotopic (exact) mass is 1160 g/mol. The van der Waals surface area contributed by atoms with Gasteiger partial charge in [0.25, 0.3) is 0 Å². The molecule has 0 spiro atoms. The number of hydrogen-bond acceptors (Lipinski definition) is 4. The van der Waals surface area contributed by atoms with E-state index in [9.17, 15) is 0 Å². The molecule has 0 bridgehead atoms. The lowest BCUT2D eigenvalue weighted by atomic mass is 9.78. The number of rotatable bonds is 20. The Morgan fingerprint density at radius 1 is 0.325 bits per heavy atom. The van der Waals surface area contributed by atoms with Crippen molar-refractivity contribution in [2.75, 3.05) is 0 Å². The highest BCUT2D eigenvalue weighted by Crippen LogP contribution is 2.37. The third-order valence-corrected chi connectivity index (χ3v) is 16.3. The van der Waals surface area contributed by atoms with E-state index >= 15 is 0 Å². The zero-order valence-corrected chi connectivity index (χ0v) is 50.0. The van der Waals surface area contributed by atoms with Crippen LogP contribution in [0, 0.1) is 0 Å². The highest BCUT2D eigenvalue weighted by atomic mass is 79.9. The second kappa shape index (κ2) is 31.3. The van der Waals surface area contributed by atoms with Crippen molar-refractivity contribution >= 4 is 28.5 Å². The fraction of sp³-hybridized carbons (Fsp3) is 0.247. The van der Waals surface area contributed by atoms with Crippen molar-refractivity contribution < 1.29 is 9.31 Å². The van der Waals surface area contributed by atoms with Gasteiger partial charge in [0.1, 0.15) is 0 Å². The van der Waals surface area contributed by atoms with Gasteiger partial charge in [-0.05, 0) is 183 Å². The van der Waals surface area contributed by atoms with Gasteiger partial charge in [0.05, 0.1) is 22.6 Å². The van der Waals surface area contributed by atoms with Crippen LogP contribution in [0.4, 0.5) is 0 Å². The van der Waals surface area contributed by atoms with Gasteiger partial charge >= 0.3 is 7.12 Å². The van der Waals surface area contributed by atoms with Crippen LogP contribution in [0.2, 0.25) is 0 Å². The van der Waals surface area contributed by atoms with Crippen LogP contribution in [0.15, 0.2) is 260 Å². The first kappa shape index (κ1) is 61.6. The standard InChI is InChI=1S/C35H33N.C24H33BO2.C17H12BrN.CH4/c1(5-13-28-14-7-3-8-15-28)2-6-16-29-17-11-20-31(25-29)32-21-12-22-34(26-32)35-27-33(23-24-36-35)30-18-9-4-10-19-30;1-23(2)24(3,4)27-25(26-23)22-18-12-17-21(19-22)16-9-6-5-8-13-20-14-10-7-11-15-20;18-16-8-4-7-15(11-16)17-12-14(9-10-19-17)13-5-2-1-3-6-13;/h3-4,7-12,14-15,17-27H,1-2,5-6,13,16H2;7,10-12,14-15,17-19H,5-6,8-9,13,16H2,1-4H3;1-12H;1H4. The molecule has 0 saturated carbocycles. The molecular formula is C77H82BBrN2O2. The summed E-state index contributed by atoms with van der Waals surface area (Å²) in [4.78, 5) is 9.13. The second-order valence-corrected chi connectivity index (χ2v) is 23.4. The maximum Gasteiger partial charge on any atom is 0.494 e. The maximum absolute atomic E-state index is 6.18. The fourth-order valence-corrected chi connectivity index (χ4v) is 10.8. The fourth-order valence-electron chi connectivity index (χ4n) is 10.4. The molecule has 6 heteroatoms. The Bertz CT molecular complexity index is 3500. The molecule has 3 heterocycles. The molecule has 1 fully saturated rings. The zero-order valence-electron chi connectivity index (χ0n) is 48.4. The summed E-state index contributed by atoms with van der Waals surface area (Å²) in [7, 11) is -0.263. The van der Waals surface area contributed by atoms with Crippen LogP contribution in [0.3, 0.4) is 0 Å². The molecule has 422 valence electrons. The van der Waals surface area contributed by atoms with E-state index in [4.69, 9.17) is 9.31 Å². The third kappa shape index (κ3) is 18.5. The van der Waals surface area contributed by atoms with Gasteiger partial charge in [-0.3, -0.25) is 9.97 Å². The van der Waals surface area contributed by atoms with Crippen LogP contribution in [-0.2, 0) is 35.0 Å². The SMILES string of the molecule is Brc1cccc(-c2cc(-c3ccccc3)ccn2)c1.C.CC1(C)OB(c2cccc(CCCCCCc3ccccc3)c2)OC1(C)C.c1ccc(CCCCCCc2cccc(-c3cccc(-c4cc(-c5ccccc5)ccn4)c3)c2)cc1. The summed E-state index contributed by atoms with van der Waals surface area (Å²) in [5, 5.41) is 0. The van der Waals surface area contributed by atoms with Crippen LogP contribution < -0.4 is 5.46 Å². The number of nitrogens with zero attached hydrogens (tertiary/aromatic N) is 2. The van der Waals surface area contributed by atoms with Crippen LogP contribution in [0.5, 0.6) is 0 Å². The predicted molar refractivity (Wildman–Crippen MR) is 357 cm³/mol. The molecule has 0 radical (unpaired) electrons. The van der Waals surface area contributed by atoms with E-state index in [1.807, 2.05) is 36.7 Å². The summed E-state index contributed by atoms with van der Waals surface area (Å²) < 4.78 is 13.4. The largest absolute Gasteiger partial charge is 0.494 e. The lowest BCUT2D eigenvalue weighted by molar-refractivity contribution is 0.00578. The van der Waals surface area contributed by atoms with Crippen molar-refractivity contribution in [3.8, 4) is 55.9 Å². The Morgan fingerprint density at radius 2 is 0.675 bits per heavy atom. The van der Waals surface area contributed by atoms with Gasteiger partial charge in [-0.2, -0.15) is 0 Å². The molecule has 2 aromatic heterocycles. The molecule has 1 saturated heterocycles. The third-order valence-electron chi connectivity index (χ3n) is 15.8. The van der Waals surface area contributed by atoms with E-state index in [1.165, 1.54) is 120 Å². The van der Waals surface area contributed by atoms with Gasteiger partial charge in [0.15, 0.2) is 0 Å². The lowest BCUT2D eigenvalue weighted by Gasteiger charge is -2.32. The van der Waals surface area contributed by atoms with E-state index in [1.54, 1.807) is 0 Å². The first-order valence-electron chi connectivity index (χ1n) is 29.6. The number of benzene rings is 8. The first-order chi connectivity index (χ1) is 40.0. The lowest BCUT2D eigenvalue weighted by Crippen LogP contribution is -2.41. The highest BCUT2D eigenvalue weighted by Gasteiger charge is 2.51. The number of pyridine rings is 2. The summed E-state index contributed by atoms with van der Waals surface area (Å²) >= 11 is 3.50. The summed E-state index contributed by atoms with van der Waals surface area (Å²) in [5.74, 6) is 0. The van der Waals surface area contributed by atoms with Gasteiger partial charge in [-0.1, -0.05) is 249 Å². The molecule has 4 nitrogen and oxygen atoms in total. The minimum atomic E-state index is -0.285. The molecule has 0 atom stereocenters. The van der Waals surface area contributed by atoms with Crippen molar-refractivity contribution in [3.63, 3.8) is 0 Å². The number of aryl methyl sites for hydroxylation is 4. The van der Waals surface area contributed by atoms with E-state index in [2.05, 4.69) is 272 Å². The molecule has 10 aromatic rings. The molecule has 0 aliphatic carbocycles. The van der Waals surface area contributed by atoms with Gasteiger partial charge in [-0.25, -0.2) is 0 Å². The minimum absolute atomic E-state index is 0. The summed E-state index contributed by atoms with van der Waals surface area (Å²) in [6, 6.07) is 85.6. The normalized spacial score (nSPS) is 13.0. The molecule has 0 amide bonds. The van der Waals surface area contributed by atoms with E-state index < -0.39 is 0 Å². The molecule has 0 N–H and O–H groups in total. The van der Waals surface area contributed by atoms with E-state index in [0.29, 0.717) is 0 Å². The van der Waals surface area contributed by atoms with Crippen LogP contribution in [0.25, 0.3) is 55.9 Å². The quantitative estimate of drug-likeness (QED) is 0.0563. The minimum Gasteiger partial charge on any atom is -0.399 e. The molecule has 8 aromatic carbocycles. The number of aromatic nitrogens is 2. The molecule has 1 aliphatic rings. The molecule has 11 rings (SSSR count). The average molecular weight is 1160 g/mol. The Hall–Kier alpha value is -7.48. The van der Waals surface area contributed by atoms with Gasteiger partial charge in [0, 0.05) is 28.0 Å². The van der Waals surface area contributed by atoms with Gasteiger partial charge in [0.2, 0.25) is 0 Å². The van der Waals surface area contributed by atoms with Crippen LogP contribution in [0.1, 0.15) is 109 Å². The second-order valence-electron chi connectivity index (χ2n) is 22.5. The maximum atomic E-state index is 6.18. The van der Waals surface area contributed by atoms with Crippen molar-refractivity contribution in [1.29, 1.82) is 0 Å². The molecule has 83 heavy (non-hydrogen) atoms. The smallest absolute Gasteiger partial charge is 0.399 e. The first-order valence-corrected chi connectivity index (χ1v) is 30.4. The predicted octanol–water partition coefficient (Wildman–Crippen LogP) is 20.6. The Labute approximate surface area is 505 Å². The van der Waals surface area contributed by atoms with Crippen molar-refractivity contribution in [2.24, 2.45) is 0 Å². The van der Waals surface area contributed by atoms with Gasteiger partial charge < -0.3 is 9.31 Å². The van der Waals surface area contributed by atoms with E-state index in [0.717, 1.165) is 45.3 Å². The Balaban J connectivity index is 0.000000170. The molecule has 1 aliphatic heterocycles. The topological polar surface area (TPSA) is 44.2 Å². The molecular weight excluding hydrogens is 1080 g/mol. The van der Waals surface area contributed by atoms with Crippen molar-refractivity contribution in [3.05, 3.63) is 282 Å². The summed E-state index contributed by atoms with van der Waals surface area (Å²) in [6.45, 7) is 8.41. The number of hydrogen-bond donors (Lipinski definition) is 0. The summed E-state index contributed by atoms with van der Waals surface area (Å²) in [6.07, 6.45) is 18.6. The van der Waals surface area contributed by atoms with Gasteiger partial charge in [-0.15, -0.1) is 0 Å². The van der Waals surface area contributed by atoms with Crippen LogP contribution >= 0.6 is 15.9 Å². The molecule has 0 unspecified atom stereocenters. The van der Waals surface area contributed by atoms with Crippen molar-refractivity contribution in [2.45, 2.75) is 123 Å². The Morgan fingerprint density at radius 3 is 1.16 bits per heavy atom. The van der Waals surface area contributed by atoms with Crippen molar-refractivity contribution in [1.82, 2.24) is 9.97 Å². The highest BCUT2D eigenvalue weighted by molar-refractivity contribution is 9.10. The van der Waals surface area contributed by atoms with E-state index in [-0.39, 0.29) is 25.7 Å². The van der Waals surface area contributed by atoms with Crippen LogP contribution in [-0.4, -0.2) is 28.3 Å². The number of halogens is 1. The average Bonchev–Trinajstić information content (AvgIpc) is 4.02. The zero-order chi connectivity index (χ0) is 56.8. The Kier molecular flexibility index (Phi) is 23.2.